The first-order valence-corrected chi connectivity index (χ1v) is 5.88. The highest BCUT2D eigenvalue weighted by molar-refractivity contribution is 9.10. The zero-order valence-electron chi connectivity index (χ0n) is 8.61. The van der Waals surface area contributed by atoms with Crippen LogP contribution in [0.5, 0.6) is 0 Å². The Morgan fingerprint density at radius 3 is 2.56 bits per heavy atom. The molecule has 0 amide bonds. The molecule has 0 aliphatic carbocycles. The van der Waals surface area contributed by atoms with Crippen molar-refractivity contribution in [3.05, 3.63) is 34.1 Å². The molecule has 88 valence electrons. The Balaban J connectivity index is 2.07. The summed E-state index contributed by atoms with van der Waals surface area (Å²) in [5, 5.41) is 18.8. The summed E-state index contributed by atoms with van der Waals surface area (Å²) in [6.45, 7) is 1.17. The van der Waals surface area contributed by atoms with E-state index < -0.39 is 12.2 Å². The second-order valence-corrected chi connectivity index (χ2v) is 4.98. The fourth-order valence-electron chi connectivity index (χ4n) is 1.88. The number of β-amino-alcohol motifs (C(OH)–C–C–N with tert-alkyl or cyclic N) is 2. The number of hydrogen-bond donors (Lipinski definition) is 2. The number of benzene rings is 1. The molecule has 16 heavy (non-hydrogen) atoms. The average molecular weight is 290 g/mol. The summed E-state index contributed by atoms with van der Waals surface area (Å²) in [7, 11) is 0. The van der Waals surface area contributed by atoms with Crippen LogP contribution in [-0.4, -0.2) is 40.4 Å². The van der Waals surface area contributed by atoms with E-state index in [1.807, 2.05) is 4.90 Å². The lowest BCUT2D eigenvalue weighted by Crippen LogP contribution is -2.22. The van der Waals surface area contributed by atoms with Gasteiger partial charge in [0.15, 0.2) is 0 Å². The van der Waals surface area contributed by atoms with Crippen LogP contribution in [-0.2, 0) is 6.54 Å². The van der Waals surface area contributed by atoms with E-state index in [0.29, 0.717) is 25.2 Å². The van der Waals surface area contributed by atoms with Crippen molar-refractivity contribution in [1.82, 2.24) is 4.90 Å². The molecule has 0 saturated carbocycles. The SMILES string of the molecule is O[C@@H]1CN(Cc2cc(Br)ccc2F)C[C@@H]1O. The summed E-state index contributed by atoms with van der Waals surface area (Å²) >= 11 is 3.29. The first-order valence-electron chi connectivity index (χ1n) is 5.08. The molecule has 0 unspecified atom stereocenters. The van der Waals surface area contributed by atoms with Crippen molar-refractivity contribution in [2.45, 2.75) is 18.8 Å². The van der Waals surface area contributed by atoms with Gasteiger partial charge in [0.25, 0.3) is 0 Å². The fourth-order valence-corrected chi connectivity index (χ4v) is 2.29. The van der Waals surface area contributed by atoms with Crippen molar-refractivity contribution >= 4 is 15.9 Å². The quantitative estimate of drug-likeness (QED) is 0.858. The molecule has 2 atom stereocenters. The van der Waals surface area contributed by atoms with E-state index in [0.717, 1.165) is 4.47 Å². The molecule has 1 aliphatic rings. The third kappa shape index (κ3) is 2.60. The van der Waals surface area contributed by atoms with Crippen LogP contribution in [0.1, 0.15) is 5.56 Å². The van der Waals surface area contributed by atoms with Gasteiger partial charge in [-0.05, 0) is 18.2 Å². The van der Waals surface area contributed by atoms with Gasteiger partial charge in [0.1, 0.15) is 5.82 Å². The summed E-state index contributed by atoms with van der Waals surface area (Å²) in [4.78, 5) is 1.83. The maximum absolute atomic E-state index is 13.4. The monoisotopic (exact) mass is 289 g/mol. The van der Waals surface area contributed by atoms with E-state index in [-0.39, 0.29) is 5.82 Å². The fraction of sp³-hybridized carbons (Fsp3) is 0.455. The molecule has 0 spiro atoms. The number of nitrogens with zero attached hydrogens (tertiary/aromatic N) is 1. The Labute approximate surface area is 102 Å². The van der Waals surface area contributed by atoms with Gasteiger partial charge < -0.3 is 10.2 Å². The molecule has 1 fully saturated rings. The van der Waals surface area contributed by atoms with Crippen LogP contribution < -0.4 is 0 Å². The van der Waals surface area contributed by atoms with Crippen LogP contribution in [0.2, 0.25) is 0 Å². The second kappa shape index (κ2) is 4.79. The van der Waals surface area contributed by atoms with E-state index in [1.54, 1.807) is 12.1 Å². The lowest BCUT2D eigenvalue weighted by atomic mass is 10.2. The Kier molecular flexibility index (Phi) is 3.59. The van der Waals surface area contributed by atoms with Crippen molar-refractivity contribution in [1.29, 1.82) is 0 Å². The van der Waals surface area contributed by atoms with Gasteiger partial charge >= 0.3 is 0 Å². The number of hydrogen-bond acceptors (Lipinski definition) is 3. The molecule has 0 aromatic heterocycles. The average Bonchev–Trinajstić information content (AvgIpc) is 2.52. The van der Waals surface area contributed by atoms with E-state index in [1.165, 1.54) is 6.07 Å². The van der Waals surface area contributed by atoms with Gasteiger partial charge in [-0.15, -0.1) is 0 Å². The molecule has 1 heterocycles. The van der Waals surface area contributed by atoms with Crippen molar-refractivity contribution in [3.8, 4) is 0 Å². The molecule has 2 rings (SSSR count). The Bertz CT molecular complexity index is 378. The number of aliphatic hydroxyl groups is 2. The predicted molar refractivity (Wildman–Crippen MR) is 61.4 cm³/mol. The van der Waals surface area contributed by atoms with Gasteiger partial charge in [0.05, 0.1) is 12.2 Å². The minimum Gasteiger partial charge on any atom is -0.389 e. The van der Waals surface area contributed by atoms with Crippen LogP contribution in [0.4, 0.5) is 4.39 Å². The summed E-state index contributed by atoms with van der Waals surface area (Å²) in [5.41, 5.74) is 0.565. The molecule has 1 aliphatic heterocycles. The maximum Gasteiger partial charge on any atom is 0.127 e. The van der Waals surface area contributed by atoms with Gasteiger partial charge in [0.2, 0.25) is 0 Å². The molecule has 3 nitrogen and oxygen atoms in total. The molecule has 1 aromatic rings. The minimum absolute atomic E-state index is 0.265. The lowest BCUT2D eigenvalue weighted by Gasteiger charge is -2.15. The van der Waals surface area contributed by atoms with Crippen LogP contribution in [0, 0.1) is 5.82 Å². The summed E-state index contributed by atoms with van der Waals surface area (Å²) in [6, 6.07) is 4.77. The van der Waals surface area contributed by atoms with Gasteiger partial charge in [-0.3, -0.25) is 4.90 Å². The van der Waals surface area contributed by atoms with E-state index in [4.69, 9.17) is 0 Å². The van der Waals surface area contributed by atoms with Crippen molar-refractivity contribution < 1.29 is 14.6 Å². The Morgan fingerprint density at radius 2 is 1.94 bits per heavy atom. The highest BCUT2D eigenvalue weighted by atomic mass is 79.9. The third-order valence-corrected chi connectivity index (χ3v) is 3.23. The van der Waals surface area contributed by atoms with Gasteiger partial charge in [-0.2, -0.15) is 0 Å². The minimum atomic E-state index is -0.727. The molecule has 5 heteroatoms. The van der Waals surface area contributed by atoms with Crippen molar-refractivity contribution in [3.63, 3.8) is 0 Å². The maximum atomic E-state index is 13.4. The first-order chi connectivity index (χ1) is 7.56. The number of rotatable bonds is 2. The topological polar surface area (TPSA) is 43.7 Å². The summed E-state index contributed by atoms with van der Waals surface area (Å²) in [5.74, 6) is -0.265. The smallest absolute Gasteiger partial charge is 0.127 e. The molecule has 1 aromatic carbocycles. The largest absolute Gasteiger partial charge is 0.389 e. The first kappa shape index (κ1) is 12.0. The van der Waals surface area contributed by atoms with Crippen molar-refractivity contribution in [2.24, 2.45) is 0 Å². The zero-order chi connectivity index (χ0) is 11.7. The number of aliphatic hydroxyl groups excluding tert-OH is 2. The molecule has 0 bridgehead atoms. The number of halogens is 2. The standard InChI is InChI=1S/C11H13BrFNO2/c12-8-1-2-9(13)7(3-8)4-14-5-10(15)11(16)6-14/h1-3,10-11,15-16H,4-6H2/t10-,11+. The number of likely N-dealkylation sites (tertiary alicyclic amines) is 1. The Hall–Kier alpha value is -0.490. The highest BCUT2D eigenvalue weighted by Crippen LogP contribution is 2.19. The van der Waals surface area contributed by atoms with Gasteiger partial charge in [0, 0.05) is 29.7 Å². The van der Waals surface area contributed by atoms with E-state index >= 15 is 0 Å². The lowest BCUT2D eigenvalue weighted by molar-refractivity contribution is 0.0572. The van der Waals surface area contributed by atoms with E-state index in [9.17, 15) is 14.6 Å². The van der Waals surface area contributed by atoms with E-state index in [2.05, 4.69) is 15.9 Å². The second-order valence-electron chi connectivity index (χ2n) is 4.06. The normalized spacial score (nSPS) is 26.2. The zero-order valence-corrected chi connectivity index (χ0v) is 10.2. The summed E-state index contributed by atoms with van der Waals surface area (Å²) < 4.78 is 14.3. The van der Waals surface area contributed by atoms with Gasteiger partial charge in [-0.25, -0.2) is 4.39 Å². The molecular weight excluding hydrogens is 277 g/mol. The molecule has 0 radical (unpaired) electrons. The van der Waals surface area contributed by atoms with Crippen LogP contribution in [0.15, 0.2) is 22.7 Å². The third-order valence-electron chi connectivity index (χ3n) is 2.74. The molecular formula is C11H13BrFNO2. The Morgan fingerprint density at radius 1 is 1.31 bits per heavy atom. The molecule has 1 saturated heterocycles. The molecule has 2 N–H and O–H groups in total. The van der Waals surface area contributed by atoms with Crippen molar-refractivity contribution in [2.75, 3.05) is 13.1 Å². The van der Waals surface area contributed by atoms with Crippen LogP contribution in [0.3, 0.4) is 0 Å². The highest BCUT2D eigenvalue weighted by Gasteiger charge is 2.29. The summed E-state index contributed by atoms with van der Waals surface area (Å²) in [6.07, 6.45) is -1.45. The predicted octanol–water partition coefficient (Wildman–Crippen LogP) is 1.13. The van der Waals surface area contributed by atoms with Gasteiger partial charge in [-0.1, -0.05) is 15.9 Å². The van der Waals surface area contributed by atoms with Crippen LogP contribution >= 0.6 is 15.9 Å². The van der Waals surface area contributed by atoms with Crippen LogP contribution in [0.25, 0.3) is 0 Å².